The van der Waals surface area contributed by atoms with E-state index in [0.717, 1.165) is 11.3 Å². The molecule has 0 spiro atoms. The molecule has 0 aliphatic rings. The van der Waals surface area contributed by atoms with E-state index in [9.17, 15) is 0 Å². The van der Waals surface area contributed by atoms with Crippen molar-refractivity contribution < 1.29 is 0 Å². The Morgan fingerprint density at radius 3 is 2.50 bits per heavy atom. The number of hydrogen-bond acceptors (Lipinski definition) is 3. The summed E-state index contributed by atoms with van der Waals surface area (Å²) in [5.74, 6) is 0. The molecule has 0 bridgehead atoms. The van der Waals surface area contributed by atoms with Crippen LogP contribution < -0.4 is 5.43 Å². The minimum Gasteiger partial charge on any atom is -0.313 e. The molecule has 0 heterocycles. The van der Waals surface area contributed by atoms with E-state index in [1.165, 1.54) is 6.21 Å². The standard InChI is InChI=1S/C7H13N3/c1-4-7(5-8)6(2)10-9-3/h4-5,8-9H,1-3H3. The van der Waals surface area contributed by atoms with Crippen molar-refractivity contribution in [1.82, 2.24) is 5.43 Å². The van der Waals surface area contributed by atoms with Gasteiger partial charge < -0.3 is 10.8 Å². The highest BCUT2D eigenvalue weighted by molar-refractivity contribution is 6.14. The van der Waals surface area contributed by atoms with Gasteiger partial charge in [0.05, 0.1) is 5.71 Å². The quantitative estimate of drug-likeness (QED) is 0.447. The zero-order chi connectivity index (χ0) is 7.98. The van der Waals surface area contributed by atoms with Crippen LogP contribution in [0.4, 0.5) is 0 Å². The van der Waals surface area contributed by atoms with Gasteiger partial charge in [-0.3, -0.25) is 0 Å². The summed E-state index contributed by atoms with van der Waals surface area (Å²) in [4.78, 5) is 0. The van der Waals surface area contributed by atoms with Crippen molar-refractivity contribution in [2.75, 3.05) is 7.05 Å². The fourth-order valence-corrected chi connectivity index (χ4v) is 0.629. The molecule has 0 atom stereocenters. The molecule has 0 aromatic heterocycles. The molecule has 0 saturated carbocycles. The van der Waals surface area contributed by atoms with Crippen molar-refractivity contribution >= 4 is 11.9 Å². The van der Waals surface area contributed by atoms with E-state index >= 15 is 0 Å². The molecule has 0 amide bonds. The highest BCUT2D eigenvalue weighted by Crippen LogP contribution is 1.92. The Labute approximate surface area is 61.3 Å². The third-order valence-electron chi connectivity index (χ3n) is 1.16. The van der Waals surface area contributed by atoms with Crippen LogP contribution in [0.25, 0.3) is 0 Å². The third-order valence-corrected chi connectivity index (χ3v) is 1.16. The fraction of sp³-hybridized carbons (Fsp3) is 0.429. The molecule has 0 saturated heterocycles. The van der Waals surface area contributed by atoms with Crippen LogP contribution in [-0.2, 0) is 0 Å². The molecular weight excluding hydrogens is 126 g/mol. The lowest BCUT2D eigenvalue weighted by Crippen LogP contribution is -2.04. The van der Waals surface area contributed by atoms with Crippen LogP contribution >= 0.6 is 0 Å². The van der Waals surface area contributed by atoms with Crippen LogP contribution in [0.2, 0.25) is 0 Å². The second-order valence-electron chi connectivity index (χ2n) is 1.81. The first kappa shape index (κ1) is 8.88. The van der Waals surface area contributed by atoms with Crippen LogP contribution in [-0.4, -0.2) is 19.0 Å². The number of hydrazone groups is 1. The Hall–Kier alpha value is -1.12. The summed E-state index contributed by atoms with van der Waals surface area (Å²) in [6.07, 6.45) is 3.14. The summed E-state index contributed by atoms with van der Waals surface area (Å²) in [6, 6.07) is 0. The van der Waals surface area contributed by atoms with E-state index in [-0.39, 0.29) is 0 Å². The van der Waals surface area contributed by atoms with E-state index in [4.69, 9.17) is 5.41 Å². The van der Waals surface area contributed by atoms with Gasteiger partial charge >= 0.3 is 0 Å². The first-order valence-corrected chi connectivity index (χ1v) is 3.14. The molecule has 10 heavy (non-hydrogen) atoms. The summed E-state index contributed by atoms with van der Waals surface area (Å²) in [5, 5.41) is 10.9. The predicted molar refractivity (Wildman–Crippen MR) is 44.7 cm³/mol. The third kappa shape index (κ3) is 2.44. The molecular formula is C7H13N3. The van der Waals surface area contributed by atoms with Gasteiger partial charge in [-0.05, 0) is 13.8 Å². The van der Waals surface area contributed by atoms with Crippen LogP contribution in [0.15, 0.2) is 16.8 Å². The van der Waals surface area contributed by atoms with Crippen LogP contribution in [0, 0.1) is 5.41 Å². The maximum absolute atomic E-state index is 6.97. The van der Waals surface area contributed by atoms with Gasteiger partial charge in [-0.1, -0.05) is 6.08 Å². The van der Waals surface area contributed by atoms with E-state index in [0.29, 0.717) is 0 Å². The van der Waals surface area contributed by atoms with Crippen LogP contribution in [0.5, 0.6) is 0 Å². The van der Waals surface area contributed by atoms with Gasteiger partial charge in [-0.2, -0.15) is 5.10 Å². The van der Waals surface area contributed by atoms with Crippen molar-refractivity contribution in [2.24, 2.45) is 5.10 Å². The second-order valence-corrected chi connectivity index (χ2v) is 1.81. The van der Waals surface area contributed by atoms with E-state index in [2.05, 4.69) is 10.5 Å². The van der Waals surface area contributed by atoms with Gasteiger partial charge in [0, 0.05) is 18.8 Å². The van der Waals surface area contributed by atoms with Crippen molar-refractivity contribution in [3.05, 3.63) is 11.6 Å². The average molecular weight is 139 g/mol. The second kappa shape index (κ2) is 4.73. The van der Waals surface area contributed by atoms with Gasteiger partial charge in [0.1, 0.15) is 0 Å². The number of nitrogens with zero attached hydrogens (tertiary/aromatic N) is 1. The Balaban J connectivity index is 4.30. The van der Waals surface area contributed by atoms with E-state index in [1.54, 1.807) is 7.05 Å². The molecule has 0 unspecified atom stereocenters. The van der Waals surface area contributed by atoms with Gasteiger partial charge in [0.25, 0.3) is 0 Å². The van der Waals surface area contributed by atoms with Gasteiger partial charge in [0.2, 0.25) is 0 Å². The Bertz CT molecular complexity index is 168. The van der Waals surface area contributed by atoms with Gasteiger partial charge in [-0.15, -0.1) is 0 Å². The highest BCUT2D eigenvalue weighted by atomic mass is 15.3. The van der Waals surface area contributed by atoms with Crippen molar-refractivity contribution in [1.29, 1.82) is 5.41 Å². The first-order chi connectivity index (χ1) is 4.76. The monoisotopic (exact) mass is 139 g/mol. The summed E-state index contributed by atoms with van der Waals surface area (Å²) in [6.45, 7) is 3.74. The Morgan fingerprint density at radius 1 is 1.60 bits per heavy atom. The molecule has 3 heteroatoms. The van der Waals surface area contributed by atoms with Gasteiger partial charge in [-0.25, -0.2) is 0 Å². The molecule has 0 aliphatic heterocycles. The lowest BCUT2D eigenvalue weighted by molar-refractivity contribution is 0.900. The Morgan fingerprint density at radius 2 is 2.20 bits per heavy atom. The topological polar surface area (TPSA) is 48.2 Å². The van der Waals surface area contributed by atoms with E-state index < -0.39 is 0 Å². The molecule has 0 aromatic rings. The predicted octanol–water partition coefficient (Wildman–Crippen LogP) is 1.18. The van der Waals surface area contributed by atoms with Crippen molar-refractivity contribution in [2.45, 2.75) is 13.8 Å². The normalized spacial score (nSPS) is 13.1. The number of allylic oxidation sites excluding steroid dienone is 2. The largest absolute Gasteiger partial charge is 0.313 e. The molecule has 0 fully saturated rings. The lowest BCUT2D eigenvalue weighted by atomic mass is 10.2. The lowest BCUT2D eigenvalue weighted by Gasteiger charge is -1.97. The average Bonchev–Trinajstić information content (AvgIpc) is 1.91. The molecule has 0 radical (unpaired) electrons. The molecule has 0 aromatic carbocycles. The molecule has 0 rings (SSSR count). The minimum atomic E-state index is 0.833. The van der Waals surface area contributed by atoms with Crippen LogP contribution in [0.3, 0.4) is 0 Å². The number of nitrogens with one attached hydrogen (secondary N) is 2. The molecule has 2 N–H and O–H groups in total. The highest BCUT2D eigenvalue weighted by Gasteiger charge is 1.93. The molecule has 0 aliphatic carbocycles. The molecule has 56 valence electrons. The van der Waals surface area contributed by atoms with Crippen LogP contribution in [0.1, 0.15) is 13.8 Å². The smallest absolute Gasteiger partial charge is 0.0656 e. The number of hydrogen-bond donors (Lipinski definition) is 2. The van der Waals surface area contributed by atoms with Crippen molar-refractivity contribution in [3.63, 3.8) is 0 Å². The summed E-state index contributed by atoms with van der Waals surface area (Å²) >= 11 is 0. The summed E-state index contributed by atoms with van der Waals surface area (Å²) < 4.78 is 0. The zero-order valence-electron chi connectivity index (χ0n) is 6.60. The first-order valence-electron chi connectivity index (χ1n) is 3.14. The zero-order valence-corrected chi connectivity index (χ0v) is 6.60. The maximum Gasteiger partial charge on any atom is 0.0656 e. The van der Waals surface area contributed by atoms with Crippen molar-refractivity contribution in [3.8, 4) is 0 Å². The Kier molecular flexibility index (Phi) is 4.20. The SMILES string of the molecule is CC=C(C=N)C(C)=NNC. The molecule has 3 nitrogen and oxygen atoms in total. The summed E-state index contributed by atoms with van der Waals surface area (Å²) in [5.41, 5.74) is 4.34. The number of rotatable bonds is 3. The van der Waals surface area contributed by atoms with Gasteiger partial charge in [0.15, 0.2) is 0 Å². The summed E-state index contributed by atoms with van der Waals surface area (Å²) in [7, 11) is 1.74. The van der Waals surface area contributed by atoms with E-state index in [1.807, 2.05) is 19.9 Å². The fourth-order valence-electron chi connectivity index (χ4n) is 0.629. The maximum atomic E-state index is 6.97. The minimum absolute atomic E-state index is 0.833.